The van der Waals surface area contributed by atoms with Gasteiger partial charge < -0.3 is 5.32 Å². The zero-order valence-corrected chi connectivity index (χ0v) is 21.5. The van der Waals surface area contributed by atoms with E-state index in [9.17, 15) is 16.8 Å². The first kappa shape index (κ1) is 28.4. The SMILES string of the molecule is C1CCC(N2CCCNCC2)C1.Cc1ccc(S(=O)(=O)O)cc1.Cc1ccc(S(=O)(=O)O)cc1. The second-order valence-corrected chi connectivity index (χ2v) is 11.5. The third-order valence-electron chi connectivity index (χ3n) is 5.85. The van der Waals surface area contributed by atoms with Crippen LogP contribution in [0, 0.1) is 13.8 Å². The quantitative estimate of drug-likeness (QED) is 0.532. The summed E-state index contributed by atoms with van der Waals surface area (Å²) in [4.78, 5) is 2.57. The Balaban J connectivity index is 0.000000181. The fourth-order valence-electron chi connectivity index (χ4n) is 3.92. The van der Waals surface area contributed by atoms with Crippen LogP contribution in [0.1, 0.15) is 43.2 Å². The van der Waals surface area contributed by atoms with Crippen molar-refractivity contribution in [2.75, 3.05) is 26.2 Å². The zero-order valence-electron chi connectivity index (χ0n) is 19.9. The van der Waals surface area contributed by atoms with Gasteiger partial charge in [-0.2, -0.15) is 16.8 Å². The van der Waals surface area contributed by atoms with Gasteiger partial charge in [0, 0.05) is 19.1 Å². The maximum absolute atomic E-state index is 10.5. The number of hydrogen-bond donors (Lipinski definition) is 3. The molecule has 0 radical (unpaired) electrons. The average molecular weight is 513 g/mol. The zero-order chi connectivity index (χ0) is 25.2. The van der Waals surface area contributed by atoms with E-state index >= 15 is 0 Å². The highest BCUT2D eigenvalue weighted by Crippen LogP contribution is 2.23. The normalized spacial score (nSPS) is 17.6. The number of hydrogen-bond acceptors (Lipinski definition) is 6. The van der Waals surface area contributed by atoms with Crippen molar-refractivity contribution < 1.29 is 25.9 Å². The van der Waals surface area contributed by atoms with Crippen molar-refractivity contribution in [2.24, 2.45) is 0 Å². The smallest absolute Gasteiger partial charge is 0.294 e. The molecule has 1 aliphatic carbocycles. The van der Waals surface area contributed by atoms with Gasteiger partial charge >= 0.3 is 0 Å². The summed E-state index contributed by atoms with van der Waals surface area (Å²) in [5, 5.41) is 3.46. The number of benzene rings is 2. The summed E-state index contributed by atoms with van der Waals surface area (Å²) in [5.41, 5.74) is 1.91. The van der Waals surface area contributed by atoms with Crippen LogP contribution in [0.25, 0.3) is 0 Å². The van der Waals surface area contributed by atoms with Crippen molar-refractivity contribution in [1.82, 2.24) is 10.2 Å². The molecule has 2 aromatic carbocycles. The minimum atomic E-state index is -4.02. The Morgan fingerprint density at radius 1 is 0.706 bits per heavy atom. The van der Waals surface area contributed by atoms with Gasteiger partial charge in [-0.05, 0) is 70.5 Å². The molecule has 190 valence electrons. The Morgan fingerprint density at radius 3 is 1.56 bits per heavy atom. The lowest BCUT2D eigenvalue weighted by atomic mass is 10.2. The third kappa shape index (κ3) is 10.2. The van der Waals surface area contributed by atoms with E-state index in [0.29, 0.717) is 0 Å². The summed E-state index contributed by atoms with van der Waals surface area (Å²) in [6.07, 6.45) is 7.19. The fraction of sp³-hybridized carbons (Fsp3) is 0.500. The van der Waals surface area contributed by atoms with Crippen LogP contribution in [0.2, 0.25) is 0 Å². The first-order chi connectivity index (χ1) is 16.0. The second kappa shape index (κ2) is 13.3. The van der Waals surface area contributed by atoms with Gasteiger partial charge in [-0.15, -0.1) is 0 Å². The standard InChI is InChI=1S/C10H20N2.2C7H8O3S/c1-2-5-10(4-1)12-8-3-6-11-7-9-12;2*1-6-2-4-7(5-3-6)11(8,9)10/h10-11H,1-9H2;2*2-5H,1H3,(H,8,9,10). The first-order valence-corrected chi connectivity index (χ1v) is 14.4. The lowest BCUT2D eigenvalue weighted by Gasteiger charge is -2.26. The molecule has 1 heterocycles. The highest BCUT2D eigenvalue weighted by molar-refractivity contribution is 7.86. The Kier molecular flexibility index (Phi) is 11.1. The van der Waals surface area contributed by atoms with E-state index in [1.165, 1.54) is 82.5 Å². The monoisotopic (exact) mass is 512 g/mol. The van der Waals surface area contributed by atoms with Gasteiger partial charge in [-0.25, -0.2) is 0 Å². The molecule has 10 heteroatoms. The largest absolute Gasteiger partial charge is 0.315 e. The van der Waals surface area contributed by atoms with Crippen LogP contribution in [0.4, 0.5) is 0 Å². The van der Waals surface area contributed by atoms with Crippen LogP contribution in [0.3, 0.4) is 0 Å². The third-order valence-corrected chi connectivity index (χ3v) is 7.59. The molecule has 34 heavy (non-hydrogen) atoms. The number of nitrogens with zero attached hydrogens (tertiary/aromatic N) is 1. The minimum Gasteiger partial charge on any atom is -0.315 e. The predicted molar refractivity (Wildman–Crippen MR) is 133 cm³/mol. The lowest BCUT2D eigenvalue weighted by molar-refractivity contribution is 0.212. The molecule has 0 amide bonds. The summed E-state index contributed by atoms with van der Waals surface area (Å²) in [5.74, 6) is 0. The van der Waals surface area contributed by atoms with Crippen molar-refractivity contribution >= 4 is 20.2 Å². The fourth-order valence-corrected chi connectivity index (χ4v) is 4.88. The summed E-state index contributed by atoms with van der Waals surface area (Å²) in [6.45, 7) is 8.73. The van der Waals surface area contributed by atoms with E-state index in [2.05, 4.69) is 10.2 Å². The molecular weight excluding hydrogens is 476 g/mol. The Labute approximate surface area is 203 Å². The van der Waals surface area contributed by atoms with Crippen molar-refractivity contribution in [2.45, 2.75) is 61.8 Å². The number of nitrogens with one attached hydrogen (secondary N) is 1. The topological polar surface area (TPSA) is 124 Å². The lowest BCUT2D eigenvalue weighted by Crippen LogP contribution is -2.36. The molecule has 0 bridgehead atoms. The molecule has 1 saturated carbocycles. The van der Waals surface area contributed by atoms with E-state index < -0.39 is 20.2 Å². The first-order valence-electron chi connectivity index (χ1n) is 11.5. The molecule has 8 nitrogen and oxygen atoms in total. The van der Waals surface area contributed by atoms with Gasteiger partial charge in [0.2, 0.25) is 0 Å². The summed E-state index contributed by atoms with van der Waals surface area (Å²) in [6, 6.07) is 12.9. The van der Waals surface area contributed by atoms with Gasteiger partial charge in [0.1, 0.15) is 0 Å². The van der Waals surface area contributed by atoms with Crippen LogP contribution >= 0.6 is 0 Å². The molecule has 3 N–H and O–H groups in total. The van der Waals surface area contributed by atoms with Crippen LogP contribution in [0.15, 0.2) is 58.3 Å². The molecule has 0 aromatic heterocycles. The minimum absolute atomic E-state index is 0.0666. The van der Waals surface area contributed by atoms with Gasteiger partial charge in [0.05, 0.1) is 9.79 Å². The van der Waals surface area contributed by atoms with Gasteiger partial charge in [0.25, 0.3) is 20.2 Å². The van der Waals surface area contributed by atoms with E-state index in [4.69, 9.17) is 9.11 Å². The molecule has 4 rings (SSSR count). The summed E-state index contributed by atoms with van der Waals surface area (Å²) >= 11 is 0. The molecule has 0 atom stereocenters. The average Bonchev–Trinajstić information content (AvgIpc) is 3.17. The molecule has 2 aliphatic rings. The van der Waals surface area contributed by atoms with E-state index in [1.807, 2.05) is 13.8 Å². The van der Waals surface area contributed by atoms with Gasteiger partial charge in [0.15, 0.2) is 0 Å². The highest BCUT2D eigenvalue weighted by atomic mass is 32.2. The Morgan fingerprint density at radius 2 is 1.15 bits per heavy atom. The molecule has 1 saturated heterocycles. The van der Waals surface area contributed by atoms with Crippen molar-refractivity contribution in [1.29, 1.82) is 0 Å². The molecule has 2 aromatic rings. The highest BCUT2D eigenvalue weighted by Gasteiger charge is 2.22. The van der Waals surface area contributed by atoms with Gasteiger partial charge in [-0.1, -0.05) is 48.2 Å². The van der Waals surface area contributed by atoms with Gasteiger partial charge in [-0.3, -0.25) is 14.0 Å². The van der Waals surface area contributed by atoms with Crippen LogP contribution < -0.4 is 5.32 Å². The van der Waals surface area contributed by atoms with Crippen LogP contribution in [-0.4, -0.2) is 63.1 Å². The van der Waals surface area contributed by atoms with E-state index in [1.54, 1.807) is 24.3 Å². The number of aryl methyl sites for hydroxylation is 2. The second-order valence-electron chi connectivity index (χ2n) is 8.65. The molecular formula is C24H36N2O6S2. The van der Waals surface area contributed by atoms with Crippen LogP contribution in [0.5, 0.6) is 0 Å². The van der Waals surface area contributed by atoms with Crippen LogP contribution in [-0.2, 0) is 20.2 Å². The maximum Gasteiger partial charge on any atom is 0.294 e. The summed E-state index contributed by atoms with van der Waals surface area (Å²) in [7, 11) is -8.04. The summed E-state index contributed by atoms with van der Waals surface area (Å²) < 4.78 is 59.1. The van der Waals surface area contributed by atoms with Crippen molar-refractivity contribution in [3.8, 4) is 0 Å². The molecule has 0 unspecified atom stereocenters. The predicted octanol–water partition coefficient (Wildman–Crippen LogP) is 3.71. The van der Waals surface area contributed by atoms with Crippen molar-refractivity contribution in [3.63, 3.8) is 0 Å². The van der Waals surface area contributed by atoms with E-state index in [0.717, 1.165) is 17.2 Å². The molecule has 2 fully saturated rings. The number of rotatable bonds is 3. The molecule has 1 aliphatic heterocycles. The maximum atomic E-state index is 10.5. The van der Waals surface area contributed by atoms with Crippen molar-refractivity contribution in [3.05, 3.63) is 59.7 Å². The molecule has 0 spiro atoms. The van der Waals surface area contributed by atoms with E-state index in [-0.39, 0.29) is 9.79 Å². The Bertz CT molecular complexity index is 998. The Hall–Kier alpha value is -1.82.